The van der Waals surface area contributed by atoms with Crippen molar-refractivity contribution < 1.29 is 19.4 Å². The Labute approximate surface area is 149 Å². The molecule has 2 N–H and O–H groups in total. The number of nitrogens with one attached hydrogen (secondary N) is 1. The van der Waals surface area contributed by atoms with Crippen LogP contribution in [0.1, 0.15) is 51.0 Å². The zero-order valence-corrected chi connectivity index (χ0v) is 15.0. The summed E-state index contributed by atoms with van der Waals surface area (Å²) in [5.74, 6) is -0.0913. The van der Waals surface area contributed by atoms with Crippen LogP contribution in [0.3, 0.4) is 0 Å². The van der Waals surface area contributed by atoms with Gasteiger partial charge in [0.15, 0.2) is 0 Å². The lowest BCUT2D eigenvalue weighted by atomic mass is 9.98. The Bertz CT molecular complexity index is 549. The van der Waals surface area contributed by atoms with Gasteiger partial charge in [0, 0.05) is 13.0 Å². The number of carbonyl (C=O) groups is 2. The van der Waals surface area contributed by atoms with Crippen molar-refractivity contribution in [3.8, 4) is 5.75 Å². The van der Waals surface area contributed by atoms with Gasteiger partial charge in [0.25, 0.3) is 0 Å². The molecule has 0 saturated heterocycles. The molecule has 0 spiro atoms. The summed E-state index contributed by atoms with van der Waals surface area (Å²) in [5.41, 5.74) is 0.927. The lowest BCUT2D eigenvalue weighted by Crippen LogP contribution is -2.34. The third-order valence-electron chi connectivity index (χ3n) is 4.87. The zero-order valence-electron chi connectivity index (χ0n) is 15.0. The summed E-state index contributed by atoms with van der Waals surface area (Å²) in [5, 5.41) is 12.2. The standard InChI is InChI=1S/C20H29NO4/c1-2-25-18-10-7-16(8-11-18)13-17(20(23)24)14-21-19(22)12-9-15-5-3-4-6-15/h7-8,10-11,15,17H,2-6,9,12-14H2,1H3,(H,21,22)(H,23,24). The summed E-state index contributed by atoms with van der Waals surface area (Å²) in [6.45, 7) is 2.69. The molecule has 2 rings (SSSR count). The summed E-state index contributed by atoms with van der Waals surface area (Å²) in [7, 11) is 0. The van der Waals surface area contributed by atoms with Crippen molar-refractivity contribution in [2.75, 3.05) is 13.2 Å². The van der Waals surface area contributed by atoms with Crippen LogP contribution in [0.25, 0.3) is 0 Å². The first-order chi connectivity index (χ1) is 12.1. The monoisotopic (exact) mass is 347 g/mol. The van der Waals surface area contributed by atoms with E-state index < -0.39 is 11.9 Å². The summed E-state index contributed by atoms with van der Waals surface area (Å²) in [6.07, 6.45) is 6.81. The minimum absolute atomic E-state index is 0.0372. The SMILES string of the molecule is CCOc1ccc(CC(CNC(=O)CCC2CCCC2)C(=O)O)cc1. The molecule has 1 aromatic carbocycles. The van der Waals surface area contributed by atoms with Crippen LogP contribution in [0.2, 0.25) is 0 Å². The van der Waals surface area contributed by atoms with Gasteiger partial charge in [-0.3, -0.25) is 9.59 Å². The van der Waals surface area contributed by atoms with Crippen LogP contribution in [-0.2, 0) is 16.0 Å². The van der Waals surface area contributed by atoms with Gasteiger partial charge >= 0.3 is 5.97 Å². The fourth-order valence-electron chi connectivity index (χ4n) is 3.38. The molecule has 1 fully saturated rings. The van der Waals surface area contributed by atoms with Crippen LogP contribution in [-0.4, -0.2) is 30.1 Å². The summed E-state index contributed by atoms with van der Waals surface area (Å²) >= 11 is 0. The van der Waals surface area contributed by atoms with Crippen molar-refractivity contribution in [3.63, 3.8) is 0 Å². The van der Waals surface area contributed by atoms with E-state index >= 15 is 0 Å². The Morgan fingerprint density at radius 1 is 1.24 bits per heavy atom. The molecule has 0 radical (unpaired) electrons. The van der Waals surface area contributed by atoms with E-state index in [1.807, 2.05) is 31.2 Å². The molecule has 0 aliphatic heterocycles. The smallest absolute Gasteiger partial charge is 0.308 e. The molecule has 1 unspecified atom stereocenters. The van der Waals surface area contributed by atoms with E-state index in [1.54, 1.807) is 0 Å². The third kappa shape index (κ3) is 6.77. The number of carbonyl (C=O) groups excluding carboxylic acids is 1. The molecule has 138 valence electrons. The molecule has 1 atom stereocenters. The Balaban J connectivity index is 1.77. The Hall–Kier alpha value is -2.04. The van der Waals surface area contributed by atoms with E-state index in [0.29, 0.717) is 25.4 Å². The molecule has 0 aromatic heterocycles. The quantitative estimate of drug-likeness (QED) is 0.680. The molecule has 0 heterocycles. The van der Waals surface area contributed by atoms with Crippen molar-refractivity contribution in [2.45, 2.75) is 51.9 Å². The van der Waals surface area contributed by atoms with E-state index in [0.717, 1.165) is 17.7 Å². The van der Waals surface area contributed by atoms with E-state index in [2.05, 4.69) is 5.32 Å². The molecule has 0 bridgehead atoms. The number of benzene rings is 1. The van der Waals surface area contributed by atoms with Crippen molar-refractivity contribution >= 4 is 11.9 Å². The van der Waals surface area contributed by atoms with E-state index in [1.165, 1.54) is 25.7 Å². The maximum Gasteiger partial charge on any atom is 0.308 e. The molecular weight excluding hydrogens is 318 g/mol. The largest absolute Gasteiger partial charge is 0.494 e. The fourth-order valence-corrected chi connectivity index (χ4v) is 3.38. The minimum Gasteiger partial charge on any atom is -0.494 e. The Kier molecular flexibility index (Phi) is 7.76. The van der Waals surface area contributed by atoms with Gasteiger partial charge in [-0.15, -0.1) is 0 Å². The predicted molar refractivity (Wildman–Crippen MR) is 96.6 cm³/mol. The first-order valence-electron chi connectivity index (χ1n) is 9.29. The number of hydrogen-bond acceptors (Lipinski definition) is 3. The molecule has 1 aliphatic carbocycles. The molecule has 1 aliphatic rings. The number of rotatable bonds is 10. The zero-order chi connectivity index (χ0) is 18.1. The summed E-state index contributed by atoms with van der Waals surface area (Å²) < 4.78 is 5.39. The number of aliphatic carboxylic acids is 1. The van der Waals surface area contributed by atoms with Crippen LogP contribution in [0.15, 0.2) is 24.3 Å². The minimum atomic E-state index is -0.884. The molecule has 25 heavy (non-hydrogen) atoms. The second-order valence-electron chi connectivity index (χ2n) is 6.81. The van der Waals surface area contributed by atoms with Crippen LogP contribution >= 0.6 is 0 Å². The van der Waals surface area contributed by atoms with Crippen LogP contribution in [0, 0.1) is 11.8 Å². The number of hydrogen-bond donors (Lipinski definition) is 2. The highest BCUT2D eigenvalue weighted by Gasteiger charge is 2.20. The molecule has 5 heteroatoms. The fraction of sp³-hybridized carbons (Fsp3) is 0.600. The lowest BCUT2D eigenvalue weighted by molar-refractivity contribution is -0.141. The van der Waals surface area contributed by atoms with Gasteiger partial charge in [-0.05, 0) is 43.4 Å². The highest BCUT2D eigenvalue weighted by Crippen LogP contribution is 2.28. The van der Waals surface area contributed by atoms with Crippen molar-refractivity contribution in [1.29, 1.82) is 0 Å². The maximum atomic E-state index is 12.0. The van der Waals surface area contributed by atoms with Gasteiger partial charge in [-0.1, -0.05) is 37.8 Å². The van der Waals surface area contributed by atoms with Crippen LogP contribution in [0.5, 0.6) is 5.75 Å². The number of ether oxygens (including phenoxy) is 1. The molecular formula is C20H29NO4. The maximum absolute atomic E-state index is 12.0. The van der Waals surface area contributed by atoms with Gasteiger partial charge in [0.1, 0.15) is 5.75 Å². The first kappa shape index (κ1) is 19.3. The Morgan fingerprint density at radius 2 is 1.92 bits per heavy atom. The third-order valence-corrected chi connectivity index (χ3v) is 4.87. The number of carboxylic acid groups (broad SMARTS) is 1. The predicted octanol–water partition coefficient (Wildman–Crippen LogP) is 3.42. The van der Waals surface area contributed by atoms with Crippen LogP contribution < -0.4 is 10.1 Å². The van der Waals surface area contributed by atoms with Gasteiger partial charge in [-0.2, -0.15) is 0 Å². The summed E-state index contributed by atoms with van der Waals surface area (Å²) in [6, 6.07) is 7.45. The highest BCUT2D eigenvalue weighted by atomic mass is 16.5. The Morgan fingerprint density at radius 3 is 2.52 bits per heavy atom. The molecule has 1 aromatic rings. The van der Waals surface area contributed by atoms with E-state index in [-0.39, 0.29) is 12.5 Å². The second kappa shape index (κ2) is 10.1. The normalized spacial score (nSPS) is 15.7. The van der Waals surface area contributed by atoms with Crippen molar-refractivity contribution in [1.82, 2.24) is 5.32 Å². The van der Waals surface area contributed by atoms with Gasteiger partial charge in [0.05, 0.1) is 12.5 Å². The average molecular weight is 347 g/mol. The van der Waals surface area contributed by atoms with Gasteiger partial charge in [-0.25, -0.2) is 0 Å². The van der Waals surface area contributed by atoms with Crippen molar-refractivity contribution in [2.24, 2.45) is 11.8 Å². The molecule has 1 amide bonds. The lowest BCUT2D eigenvalue weighted by Gasteiger charge is -2.15. The van der Waals surface area contributed by atoms with Gasteiger partial charge in [0.2, 0.25) is 5.91 Å². The van der Waals surface area contributed by atoms with E-state index in [4.69, 9.17) is 4.74 Å². The number of carboxylic acids is 1. The molecule has 1 saturated carbocycles. The summed E-state index contributed by atoms with van der Waals surface area (Å²) in [4.78, 5) is 23.5. The molecule has 5 nitrogen and oxygen atoms in total. The van der Waals surface area contributed by atoms with Crippen LogP contribution in [0.4, 0.5) is 0 Å². The van der Waals surface area contributed by atoms with Gasteiger partial charge < -0.3 is 15.2 Å². The average Bonchev–Trinajstić information content (AvgIpc) is 3.11. The first-order valence-corrected chi connectivity index (χ1v) is 9.29. The topological polar surface area (TPSA) is 75.6 Å². The second-order valence-corrected chi connectivity index (χ2v) is 6.81. The highest BCUT2D eigenvalue weighted by molar-refractivity contribution is 5.77. The number of amides is 1. The van der Waals surface area contributed by atoms with Crippen molar-refractivity contribution in [3.05, 3.63) is 29.8 Å². The van der Waals surface area contributed by atoms with E-state index in [9.17, 15) is 14.7 Å².